The summed E-state index contributed by atoms with van der Waals surface area (Å²) < 4.78 is 1.90. The van der Waals surface area contributed by atoms with E-state index in [2.05, 4.69) is 28.0 Å². The van der Waals surface area contributed by atoms with Crippen LogP contribution in [0.1, 0.15) is 22.7 Å². The van der Waals surface area contributed by atoms with Crippen LogP contribution in [-0.4, -0.2) is 63.7 Å². The molecule has 1 atom stereocenters. The number of carbonyl (C=O) groups excluding carboxylic acids is 1. The number of carbonyl (C=O) groups is 1. The third kappa shape index (κ3) is 4.37. The molecule has 30 heavy (non-hydrogen) atoms. The Morgan fingerprint density at radius 2 is 2.17 bits per heavy atom. The highest BCUT2D eigenvalue weighted by molar-refractivity contribution is 5.90. The van der Waals surface area contributed by atoms with Crippen molar-refractivity contribution in [1.29, 1.82) is 0 Å². The summed E-state index contributed by atoms with van der Waals surface area (Å²) in [5.74, 6) is -0.269. The average molecular weight is 406 g/mol. The van der Waals surface area contributed by atoms with Gasteiger partial charge in [0.1, 0.15) is 5.75 Å². The van der Waals surface area contributed by atoms with E-state index < -0.39 is 5.91 Å². The molecule has 1 fully saturated rings. The second-order valence-corrected chi connectivity index (χ2v) is 7.82. The fourth-order valence-corrected chi connectivity index (χ4v) is 4.09. The predicted octanol–water partition coefficient (Wildman–Crippen LogP) is 2.07. The number of hydrogen-bond acceptors (Lipinski definition) is 5. The first kappa shape index (κ1) is 20.1. The molecule has 3 heterocycles. The molecule has 156 valence electrons. The number of likely N-dealkylation sites (N-methyl/N-ethyl adjacent to an activating group) is 1. The highest BCUT2D eigenvalue weighted by Crippen LogP contribution is 2.32. The molecule has 0 aliphatic carbocycles. The minimum atomic E-state index is -0.508. The van der Waals surface area contributed by atoms with Gasteiger partial charge in [0.25, 0.3) is 0 Å². The lowest BCUT2D eigenvalue weighted by Crippen LogP contribution is -2.47. The number of amides is 1. The van der Waals surface area contributed by atoms with Crippen molar-refractivity contribution in [3.05, 3.63) is 71.6 Å². The zero-order valence-corrected chi connectivity index (χ0v) is 17.1. The van der Waals surface area contributed by atoms with Crippen LogP contribution >= 0.6 is 0 Å². The Labute approximate surface area is 176 Å². The first-order chi connectivity index (χ1) is 14.5. The van der Waals surface area contributed by atoms with Crippen LogP contribution in [0.3, 0.4) is 0 Å². The number of fused-ring (bicyclic) bond motifs is 1. The van der Waals surface area contributed by atoms with Gasteiger partial charge in [-0.25, -0.2) is 4.52 Å². The number of phenols is 1. The van der Waals surface area contributed by atoms with E-state index >= 15 is 0 Å². The second-order valence-electron chi connectivity index (χ2n) is 7.82. The van der Waals surface area contributed by atoms with Crippen LogP contribution in [0.4, 0.5) is 0 Å². The van der Waals surface area contributed by atoms with Gasteiger partial charge in [-0.05, 0) is 48.9 Å². The van der Waals surface area contributed by atoms with E-state index in [0.717, 1.165) is 49.2 Å². The molecule has 1 unspecified atom stereocenters. The van der Waals surface area contributed by atoms with E-state index in [-0.39, 0.29) is 11.8 Å². The van der Waals surface area contributed by atoms with E-state index in [0.29, 0.717) is 0 Å². The number of nitrogens with two attached hydrogens (primary N) is 1. The van der Waals surface area contributed by atoms with Crippen molar-refractivity contribution < 1.29 is 9.90 Å². The average Bonchev–Trinajstić information content (AvgIpc) is 3.14. The van der Waals surface area contributed by atoms with Crippen molar-refractivity contribution in [2.24, 2.45) is 5.73 Å². The molecule has 0 bridgehead atoms. The van der Waals surface area contributed by atoms with Crippen LogP contribution in [0, 0.1) is 0 Å². The van der Waals surface area contributed by atoms with Crippen LogP contribution in [0.2, 0.25) is 0 Å². The molecule has 1 aliphatic rings. The molecular formula is C23H27N5O2. The molecule has 7 nitrogen and oxygen atoms in total. The maximum atomic E-state index is 11.0. The molecule has 1 aromatic carbocycles. The number of phenolic OH excluding ortho intramolecular Hbond substituents is 1. The summed E-state index contributed by atoms with van der Waals surface area (Å²) in [6.07, 6.45) is 7.71. The van der Waals surface area contributed by atoms with Crippen LogP contribution in [0.5, 0.6) is 5.75 Å². The van der Waals surface area contributed by atoms with E-state index in [1.165, 1.54) is 11.6 Å². The quantitative estimate of drug-likeness (QED) is 0.613. The minimum Gasteiger partial charge on any atom is -0.508 e. The number of primary amides is 1. The number of nitrogens with zero attached hydrogens (tertiary/aromatic N) is 4. The maximum Gasteiger partial charge on any atom is 0.241 e. The van der Waals surface area contributed by atoms with Gasteiger partial charge >= 0.3 is 0 Å². The van der Waals surface area contributed by atoms with Gasteiger partial charge < -0.3 is 15.7 Å². The molecule has 3 N–H and O–H groups in total. The number of aromatic nitrogens is 2. The molecule has 1 saturated heterocycles. The van der Waals surface area contributed by atoms with Gasteiger partial charge in [-0.2, -0.15) is 5.10 Å². The summed E-state index contributed by atoms with van der Waals surface area (Å²) in [5.41, 5.74) is 9.17. The predicted molar refractivity (Wildman–Crippen MR) is 117 cm³/mol. The van der Waals surface area contributed by atoms with Crippen molar-refractivity contribution in [1.82, 2.24) is 19.4 Å². The first-order valence-electron chi connectivity index (χ1n) is 10.2. The summed E-state index contributed by atoms with van der Waals surface area (Å²) in [4.78, 5) is 15.7. The van der Waals surface area contributed by atoms with Gasteiger partial charge in [0.2, 0.25) is 5.91 Å². The Kier molecular flexibility index (Phi) is 5.83. The molecule has 2 aromatic heterocycles. The van der Waals surface area contributed by atoms with Gasteiger partial charge in [-0.1, -0.05) is 18.2 Å². The van der Waals surface area contributed by atoms with Crippen LogP contribution in [0.25, 0.3) is 11.6 Å². The van der Waals surface area contributed by atoms with Crippen molar-refractivity contribution >= 4 is 17.5 Å². The maximum absolute atomic E-state index is 11.0. The van der Waals surface area contributed by atoms with E-state index in [4.69, 9.17) is 5.73 Å². The summed E-state index contributed by atoms with van der Waals surface area (Å²) in [6.45, 7) is 3.66. The zero-order valence-electron chi connectivity index (χ0n) is 17.1. The third-order valence-corrected chi connectivity index (χ3v) is 5.72. The highest BCUT2D eigenvalue weighted by Gasteiger charge is 2.28. The summed E-state index contributed by atoms with van der Waals surface area (Å²) in [7, 11) is 2.11. The number of benzene rings is 1. The molecule has 0 spiro atoms. The Bertz CT molecular complexity index is 1070. The van der Waals surface area contributed by atoms with E-state index in [1.807, 2.05) is 41.2 Å². The second kappa shape index (κ2) is 8.69. The van der Waals surface area contributed by atoms with Crippen molar-refractivity contribution in [3.8, 4) is 5.75 Å². The summed E-state index contributed by atoms with van der Waals surface area (Å²) >= 11 is 0. The molecule has 1 aliphatic heterocycles. The lowest BCUT2D eigenvalue weighted by molar-refractivity contribution is -0.113. The number of aromatic hydroxyl groups is 1. The minimum absolute atomic E-state index is 0.0970. The molecule has 0 radical (unpaired) electrons. The van der Waals surface area contributed by atoms with Crippen molar-refractivity contribution in [2.45, 2.75) is 12.5 Å². The SMILES string of the molecule is CN1CCN(CCc2cnn3ccccc23)C(c2ccc(/C=C/C(N)=O)cc2O)C1. The van der Waals surface area contributed by atoms with E-state index in [1.54, 1.807) is 12.1 Å². The Balaban J connectivity index is 1.53. The summed E-state index contributed by atoms with van der Waals surface area (Å²) in [6, 6.07) is 11.7. The molecule has 0 saturated carbocycles. The van der Waals surface area contributed by atoms with Gasteiger partial charge in [0.15, 0.2) is 0 Å². The van der Waals surface area contributed by atoms with E-state index in [9.17, 15) is 9.90 Å². The van der Waals surface area contributed by atoms with Crippen molar-refractivity contribution in [3.63, 3.8) is 0 Å². The Hall–Kier alpha value is -3.16. The number of pyridine rings is 1. The Morgan fingerprint density at radius 1 is 1.30 bits per heavy atom. The van der Waals surface area contributed by atoms with Gasteiger partial charge in [-0.15, -0.1) is 0 Å². The van der Waals surface area contributed by atoms with Crippen molar-refractivity contribution in [2.75, 3.05) is 33.2 Å². The lowest BCUT2D eigenvalue weighted by Gasteiger charge is -2.40. The normalized spacial score (nSPS) is 18.4. The molecule has 7 heteroatoms. The molecule has 3 aromatic rings. The molecule has 1 amide bonds. The zero-order chi connectivity index (χ0) is 21.1. The smallest absolute Gasteiger partial charge is 0.241 e. The number of piperazine rings is 1. The van der Waals surface area contributed by atoms with Crippen LogP contribution in [0.15, 0.2) is 54.9 Å². The van der Waals surface area contributed by atoms with Gasteiger partial charge in [-0.3, -0.25) is 9.69 Å². The monoisotopic (exact) mass is 405 g/mol. The largest absolute Gasteiger partial charge is 0.508 e. The first-order valence-corrected chi connectivity index (χ1v) is 10.2. The van der Waals surface area contributed by atoms with Gasteiger partial charge in [0.05, 0.1) is 17.8 Å². The standard InChI is InChI=1S/C23H27N5O2/c1-26-12-13-27(11-9-18-15-25-28-10-3-2-4-20(18)28)21(16-26)19-7-5-17(14-22(19)29)6-8-23(24)30/h2-8,10,14-15,21,29H,9,11-13,16H2,1H3,(H2,24,30)/b8-6+. The van der Waals surface area contributed by atoms with Crippen LogP contribution < -0.4 is 5.73 Å². The number of hydrogen-bond donors (Lipinski definition) is 2. The number of rotatable bonds is 6. The third-order valence-electron chi connectivity index (χ3n) is 5.72. The molecule has 4 rings (SSSR count). The fraction of sp³-hybridized carbons (Fsp3) is 0.304. The lowest BCUT2D eigenvalue weighted by atomic mass is 9.99. The summed E-state index contributed by atoms with van der Waals surface area (Å²) in [5, 5.41) is 15.1. The topological polar surface area (TPSA) is 87.1 Å². The molecular weight excluding hydrogens is 378 g/mol. The fourth-order valence-electron chi connectivity index (χ4n) is 4.09. The van der Waals surface area contributed by atoms with Crippen LogP contribution in [-0.2, 0) is 11.2 Å². The Morgan fingerprint density at radius 3 is 2.97 bits per heavy atom. The van der Waals surface area contributed by atoms with Gasteiger partial charge in [0, 0.05) is 44.0 Å². The highest BCUT2D eigenvalue weighted by atomic mass is 16.3.